The first kappa shape index (κ1) is 16.9. The van der Waals surface area contributed by atoms with Crippen LogP contribution in [0.15, 0.2) is 0 Å². The van der Waals surface area contributed by atoms with Crippen LogP contribution in [-0.2, 0) is 14.8 Å². The largest absolute Gasteiger partial charge is 0.322 e. The lowest BCUT2D eigenvalue weighted by molar-refractivity contribution is -0.109. The lowest BCUT2D eigenvalue weighted by atomic mass is 10.1. The summed E-state index contributed by atoms with van der Waals surface area (Å²) in [6, 6.07) is -0.447. The van der Waals surface area contributed by atoms with E-state index < -0.39 is 16.1 Å². The molecule has 2 atom stereocenters. The highest BCUT2D eigenvalue weighted by Crippen LogP contribution is 2.22. The van der Waals surface area contributed by atoms with Crippen LogP contribution >= 0.6 is 11.8 Å². The summed E-state index contributed by atoms with van der Waals surface area (Å²) in [5, 5.41) is 0. The van der Waals surface area contributed by atoms with Crippen LogP contribution in [0.4, 0.5) is 0 Å². The van der Waals surface area contributed by atoms with Crippen LogP contribution in [0.5, 0.6) is 0 Å². The van der Waals surface area contributed by atoms with Gasteiger partial charge < -0.3 is 10.5 Å². The van der Waals surface area contributed by atoms with Gasteiger partial charge in [0.05, 0.1) is 18.5 Å². The zero-order chi connectivity index (χ0) is 14.5. The average molecular weight is 309 g/mol. The van der Waals surface area contributed by atoms with E-state index in [9.17, 15) is 13.2 Å². The number of aldehydes is 1. The van der Waals surface area contributed by atoms with Crippen molar-refractivity contribution >= 4 is 28.1 Å². The highest BCUT2D eigenvalue weighted by Gasteiger charge is 2.29. The Kier molecular flexibility index (Phi) is 6.75. The Bertz CT molecular complexity index is 383. The molecule has 1 aliphatic heterocycles. The molecule has 1 fully saturated rings. The van der Waals surface area contributed by atoms with Crippen molar-refractivity contribution in [3.05, 3.63) is 0 Å². The number of nitrogens with two attached hydrogens (primary N) is 1. The number of carbonyl (C=O) groups is 1. The van der Waals surface area contributed by atoms with E-state index in [0.717, 1.165) is 30.9 Å². The Balaban J connectivity index is 2.61. The maximum Gasteiger partial charge on any atom is 0.212 e. The molecule has 0 aromatic carbocycles. The lowest BCUT2D eigenvalue weighted by Crippen LogP contribution is -2.47. The van der Waals surface area contributed by atoms with Crippen LogP contribution in [0, 0.1) is 0 Å². The van der Waals surface area contributed by atoms with Gasteiger partial charge in [0.25, 0.3) is 0 Å². The summed E-state index contributed by atoms with van der Waals surface area (Å²) in [6.07, 6.45) is 3.86. The molecular weight excluding hydrogens is 286 g/mol. The van der Waals surface area contributed by atoms with Crippen LogP contribution in [0.25, 0.3) is 0 Å². The first-order chi connectivity index (χ1) is 8.86. The number of rotatable bonds is 8. The second kappa shape index (κ2) is 7.58. The Morgan fingerprint density at radius 3 is 2.63 bits per heavy atom. The molecule has 1 heterocycles. The van der Waals surface area contributed by atoms with E-state index in [4.69, 9.17) is 5.73 Å². The van der Waals surface area contributed by atoms with Gasteiger partial charge >= 0.3 is 0 Å². The minimum absolute atomic E-state index is 0.135. The monoisotopic (exact) mass is 309 g/mol. The van der Waals surface area contributed by atoms with Gasteiger partial charge in [-0.1, -0.05) is 0 Å². The van der Waals surface area contributed by atoms with E-state index in [1.807, 2.05) is 0 Å². The molecule has 0 radical (unpaired) electrons. The van der Waals surface area contributed by atoms with Gasteiger partial charge in [-0.15, -0.1) is 11.8 Å². The van der Waals surface area contributed by atoms with Gasteiger partial charge in [-0.3, -0.25) is 4.90 Å². The smallest absolute Gasteiger partial charge is 0.212 e. The van der Waals surface area contributed by atoms with E-state index in [2.05, 4.69) is 4.90 Å². The summed E-state index contributed by atoms with van der Waals surface area (Å²) in [6.45, 7) is 0.898. The van der Waals surface area contributed by atoms with E-state index in [0.29, 0.717) is 12.8 Å². The van der Waals surface area contributed by atoms with Crippen molar-refractivity contribution in [2.45, 2.75) is 31.5 Å². The maximum atomic E-state index is 11.7. The van der Waals surface area contributed by atoms with Crippen molar-refractivity contribution < 1.29 is 13.2 Å². The van der Waals surface area contributed by atoms with Gasteiger partial charge in [0.15, 0.2) is 0 Å². The molecule has 0 bridgehead atoms. The third kappa shape index (κ3) is 5.39. The van der Waals surface area contributed by atoms with E-state index in [1.165, 1.54) is 10.6 Å². The molecule has 2 unspecified atom stereocenters. The van der Waals surface area contributed by atoms with Gasteiger partial charge in [-0.2, -0.15) is 4.31 Å². The van der Waals surface area contributed by atoms with Crippen LogP contribution in [0.3, 0.4) is 0 Å². The fourth-order valence-corrected chi connectivity index (χ4v) is 3.79. The molecule has 8 heteroatoms. The summed E-state index contributed by atoms with van der Waals surface area (Å²) in [7, 11) is -1.60. The number of hydrogen-bond donors (Lipinski definition) is 1. The summed E-state index contributed by atoms with van der Waals surface area (Å²) < 4.78 is 24.8. The molecule has 0 aromatic heterocycles. The molecule has 0 aliphatic carbocycles. The van der Waals surface area contributed by atoms with Gasteiger partial charge in [-0.25, -0.2) is 8.42 Å². The van der Waals surface area contributed by atoms with Gasteiger partial charge in [0.2, 0.25) is 10.0 Å². The molecule has 6 nitrogen and oxygen atoms in total. The summed E-state index contributed by atoms with van der Waals surface area (Å²) >= 11 is 1.81. The Hall–Kier alpha value is -0.150. The summed E-state index contributed by atoms with van der Waals surface area (Å²) in [4.78, 5) is 12.6. The second-order valence-corrected chi connectivity index (χ2v) is 7.96. The molecule has 0 spiro atoms. The van der Waals surface area contributed by atoms with Crippen molar-refractivity contribution in [2.75, 3.05) is 31.5 Å². The summed E-state index contributed by atoms with van der Waals surface area (Å²) in [5.41, 5.74) is 5.56. The first-order valence-electron chi connectivity index (χ1n) is 6.32. The SMILES string of the molecule is CN(C(CCCC(N)C=O)N1CCSC1)S(C)(=O)=O. The fraction of sp³-hybridized carbons (Fsp3) is 0.909. The fourth-order valence-electron chi connectivity index (χ4n) is 2.08. The number of sulfonamides is 1. The molecular formula is C11H23N3O3S2. The van der Waals surface area contributed by atoms with Crippen molar-refractivity contribution in [3.8, 4) is 0 Å². The van der Waals surface area contributed by atoms with Crippen molar-refractivity contribution in [2.24, 2.45) is 5.73 Å². The van der Waals surface area contributed by atoms with Crippen molar-refractivity contribution in [1.29, 1.82) is 0 Å². The Labute approximate surface area is 119 Å². The second-order valence-electron chi connectivity index (χ2n) is 4.84. The number of hydrogen-bond acceptors (Lipinski definition) is 6. The number of thioether (sulfide) groups is 1. The maximum absolute atomic E-state index is 11.7. The first-order valence-corrected chi connectivity index (χ1v) is 9.32. The van der Waals surface area contributed by atoms with Gasteiger partial charge in [0, 0.05) is 25.2 Å². The average Bonchev–Trinajstić information content (AvgIpc) is 2.86. The minimum atomic E-state index is -3.21. The Morgan fingerprint density at radius 1 is 1.47 bits per heavy atom. The summed E-state index contributed by atoms with van der Waals surface area (Å²) in [5.74, 6) is 1.88. The van der Waals surface area contributed by atoms with E-state index in [1.54, 1.807) is 18.8 Å². The predicted octanol–water partition coefficient (Wildman–Crippen LogP) is -0.0933. The molecule has 1 rings (SSSR count). The Morgan fingerprint density at radius 2 is 2.16 bits per heavy atom. The molecule has 1 aliphatic rings. The normalized spacial score (nSPS) is 20.6. The lowest BCUT2D eigenvalue weighted by Gasteiger charge is -2.33. The van der Waals surface area contributed by atoms with Crippen LogP contribution < -0.4 is 5.73 Å². The molecule has 1 saturated heterocycles. The van der Waals surface area contributed by atoms with Crippen LogP contribution in [0.1, 0.15) is 19.3 Å². The third-order valence-corrected chi connectivity index (χ3v) is 5.59. The molecule has 19 heavy (non-hydrogen) atoms. The van der Waals surface area contributed by atoms with Gasteiger partial charge in [-0.05, 0) is 19.3 Å². The number of carbonyl (C=O) groups excluding carboxylic acids is 1. The van der Waals surface area contributed by atoms with E-state index >= 15 is 0 Å². The predicted molar refractivity (Wildman–Crippen MR) is 78.3 cm³/mol. The van der Waals surface area contributed by atoms with Crippen LogP contribution in [0.2, 0.25) is 0 Å². The van der Waals surface area contributed by atoms with Crippen LogP contribution in [-0.4, -0.2) is 67.6 Å². The van der Waals surface area contributed by atoms with Crippen molar-refractivity contribution in [1.82, 2.24) is 9.21 Å². The van der Waals surface area contributed by atoms with Crippen molar-refractivity contribution in [3.63, 3.8) is 0 Å². The molecule has 2 N–H and O–H groups in total. The molecule has 112 valence electrons. The third-order valence-electron chi connectivity index (χ3n) is 3.32. The zero-order valence-corrected chi connectivity index (χ0v) is 13.1. The zero-order valence-electron chi connectivity index (χ0n) is 11.5. The highest BCUT2D eigenvalue weighted by atomic mass is 32.2. The topological polar surface area (TPSA) is 83.7 Å². The quantitative estimate of drug-likeness (QED) is 0.631. The van der Waals surface area contributed by atoms with E-state index in [-0.39, 0.29) is 6.17 Å². The molecule has 0 aromatic rings. The highest BCUT2D eigenvalue weighted by molar-refractivity contribution is 7.99. The standard InChI is InChI=1S/C11H23N3O3S2/c1-13(19(2,16)17)11(14-6-7-18-9-14)5-3-4-10(12)8-15/h8,10-11H,3-7,9,12H2,1-2H3. The van der Waals surface area contributed by atoms with Gasteiger partial charge in [0.1, 0.15) is 6.29 Å². The number of nitrogens with zero attached hydrogens (tertiary/aromatic N) is 2. The molecule has 0 amide bonds. The molecule has 0 saturated carbocycles. The minimum Gasteiger partial charge on any atom is -0.322 e.